The number of carbonyl (C=O) groups is 1. The van der Waals surface area contributed by atoms with Crippen LogP contribution in [0.15, 0.2) is 74.7 Å². The lowest BCUT2D eigenvalue weighted by Gasteiger charge is -2.10. The van der Waals surface area contributed by atoms with Crippen LogP contribution in [0.25, 0.3) is 10.8 Å². The number of hydrogen-bond acceptors (Lipinski definition) is 3. The van der Waals surface area contributed by atoms with Gasteiger partial charge in [0.05, 0.1) is 10.2 Å². The maximum Gasteiger partial charge on any atom is 0.277 e. The first-order valence-electron chi connectivity index (χ1n) is 7.94. The number of rotatable bonds is 5. The van der Waals surface area contributed by atoms with Gasteiger partial charge in [-0.1, -0.05) is 58.4 Å². The fraction of sp³-hybridized carbons (Fsp3) is 0.100. The molecule has 0 fully saturated rings. The van der Waals surface area contributed by atoms with Crippen molar-refractivity contribution in [3.05, 3.63) is 75.2 Å². The van der Waals surface area contributed by atoms with Gasteiger partial charge in [0, 0.05) is 4.47 Å². The molecule has 132 valence electrons. The van der Waals surface area contributed by atoms with Crippen molar-refractivity contribution in [3.8, 4) is 5.75 Å². The van der Waals surface area contributed by atoms with Crippen LogP contribution in [0.3, 0.4) is 0 Å². The fourth-order valence-corrected chi connectivity index (χ4v) is 3.27. The monoisotopic (exact) mass is 474 g/mol. The zero-order valence-corrected chi connectivity index (χ0v) is 17.2. The van der Waals surface area contributed by atoms with Gasteiger partial charge in [-0.3, -0.25) is 4.79 Å². The smallest absolute Gasteiger partial charge is 0.277 e. The van der Waals surface area contributed by atoms with Gasteiger partial charge in [-0.05, 0) is 57.4 Å². The van der Waals surface area contributed by atoms with E-state index in [0.717, 1.165) is 31.0 Å². The van der Waals surface area contributed by atoms with Gasteiger partial charge < -0.3 is 4.74 Å². The van der Waals surface area contributed by atoms with E-state index >= 15 is 0 Å². The third kappa shape index (κ3) is 4.51. The summed E-state index contributed by atoms with van der Waals surface area (Å²) in [5.74, 6) is 0.300. The average molecular weight is 476 g/mol. The van der Waals surface area contributed by atoms with Gasteiger partial charge in [-0.2, -0.15) is 5.10 Å². The molecule has 0 atom stereocenters. The van der Waals surface area contributed by atoms with Gasteiger partial charge in [0.15, 0.2) is 6.61 Å². The Morgan fingerprint density at radius 2 is 1.77 bits per heavy atom. The number of amides is 1. The zero-order chi connectivity index (χ0) is 18.5. The molecule has 0 spiro atoms. The van der Waals surface area contributed by atoms with E-state index in [9.17, 15) is 4.79 Å². The number of nitrogens with one attached hydrogen (secondary N) is 1. The summed E-state index contributed by atoms with van der Waals surface area (Å²) in [5.41, 5.74) is 4.18. The molecule has 0 unspecified atom stereocenters. The van der Waals surface area contributed by atoms with Crippen molar-refractivity contribution in [2.24, 2.45) is 5.10 Å². The molecule has 0 bridgehead atoms. The van der Waals surface area contributed by atoms with Gasteiger partial charge in [-0.25, -0.2) is 5.43 Å². The van der Waals surface area contributed by atoms with Crippen LogP contribution in [0.2, 0.25) is 0 Å². The Bertz CT molecular complexity index is 969. The number of ether oxygens (including phenoxy) is 1. The van der Waals surface area contributed by atoms with Gasteiger partial charge in [0.25, 0.3) is 5.91 Å². The highest BCUT2D eigenvalue weighted by Crippen LogP contribution is 2.32. The summed E-state index contributed by atoms with van der Waals surface area (Å²) < 4.78 is 7.45. The second-order valence-corrected chi connectivity index (χ2v) is 7.34. The molecule has 0 saturated heterocycles. The van der Waals surface area contributed by atoms with Crippen molar-refractivity contribution in [3.63, 3.8) is 0 Å². The summed E-state index contributed by atoms with van der Waals surface area (Å²) in [4.78, 5) is 12.0. The molecule has 3 aromatic rings. The van der Waals surface area contributed by atoms with Gasteiger partial charge in [0.2, 0.25) is 0 Å². The van der Waals surface area contributed by atoms with E-state index in [0.29, 0.717) is 5.75 Å². The second-order valence-electron chi connectivity index (χ2n) is 5.63. The lowest BCUT2D eigenvalue weighted by Crippen LogP contribution is -2.25. The summed E-state index contributed by atoms with van der Waals surface area (Å²) in [6.07, 6.45) is 0. The molecule has 0 heterocycles. The molecule has 6 heteroatoms. The molecule has 26 heavy (non-hydrogen) atoms. The predicted octanol–water partition coefficient (Wildman–Crippen LogP) is 5.28. The average Bonchev–Trinajstić information content (AvgIpc) is 2.66. The Labute approximate surface area is 168 Å². The van der Waals surface area contributed by atoms with E-state index in [1.165, 1.54) is 0 Å². The largest absolute Gasteiger partial charge is 0.483 e. The Morgan fingerprint density at radius 3 is 2.54 bits per heavy atom. The third-order valence-corrected chi connectivity index (χ3v) is 5.14. The quantitative estimate of drug-likeness (QED) is 0.403. The fourth-order valence-electron chi connectivity index (χ4n) is 2.40. The third-order valence-electron chi connectivity index (χ3n) is 3.80. The molecule has 0 aliphatic heterocycles. The lowest BCUT2D eigenvalue weighted by atomic mass is 10.1. The maximum absolute atomic E-state index is 12.0. The van der Waals surface area contributed by atoms with Crippen LogP contribution < -0.4 is 10.2 Å². The normalized spacial score (nSPS) is 11.4. The highest BCUT2D eigenvalue weighted by Gasteiger charge is 2.08. The first-order valence-corrected chi connectivity index (χ1v) is 9.52. The number of carbonyl (C=O) groups excluding carboxylic acids is 1. The van der Waals surface area contributed by atoms with Crippen LogP contribution >= 0.6 is 31.9 Å². The summed E-state index contributed by atoms with van der Waals surface area (Å²) >= 11 is 6.93. The molecule has 4 nitrogen and oxygen atoms in total. The van der Waals surface area contributed by atoms with Crippen LogP contribution in [0, 0.1) is 0 Å². The van der Waals surface area contributed by atoms with Gasteiger partial charge in [-0.15, -0.1) is 0 Å². The number of nitrogens with zero attached hydrogens (tertiary/aromatic N) is 1. The van der Waals surface area contributed by atoms with Crippen molar-refractivity contribution in [1.82, 2.24) is 5.43 Å². The number of halogens is 2. The Hall–Kier alpha value is -2.18. The first kappa shape index (κ1) is 18.6. The first-order chi connectivity index (χ1) is 12.5. The van der Waals surface area contributed by atoms with E-state index in [1.807, 2.05) is 67.6 Å². The van der Waals surface area contributed by atoms with Crippen LogP contribution in [-0.4, -0.2) is 18.2 Å². The Kier molecular flexibility index (Phi) is 6.06. The van der Waals surface area contributed by atoms with Crippen molar-refractivity contribution >= 4 is 54.3 Å². The molecule has 3 aromatic carbocycles. The highest BCUT2D eigenvalue weighted by molar-refractivity contribution is 9.11. The molecule has 0 aliphatic rings. The van der Waals surface area contributed by atoms with Crippen LogP contribution in [-0.2, 0) is 4.79 Å². The van der Waals surface area contributed by atoms with Crippen molar-refractivity contribution in [2.45, 2.75) is 6.92 Å². The number of benzene rings is 3. The van der Waals surface area contributed by atoms with E-state index < -0.39 is 0 Å². The molecule has 0 saturated carbocycles. The molecule has 0 aliphatic carbocycles. The van der Waals surface area contributed by atoms with Gasteiger partial charge in [0.1, 0.15) is 5.75 Å². The van der Waals surface area contributed by atoms with Crippen LogP contribution in [0.5, 0.6) is 5.75 Å². The van der Waals surface area contributed by atoms with E-state index in [4.69, 9.17) is 4.74 Å². The van der Waals surface area contributed by atoms with Crippen LogP contribution in [0.1, 0.15) is 12.5 Å². The molecule has 0 aromatic heterocycles. The summed E-state index contributed by atoms with van der Waals surface area (Å²) in [7, 11) is 0. The molecule has 1 amide bonds. The zero-order valence-electron chi connectivity index (χ0n) is 14.0. The molecule has 3 rings (SSSR count). The number of fused-ring (bicyclic) bond motifs is 1. The second kappa shape index (κ2) is 8.47. The highest BCUT2D eigenvalue weighted by atomic mass is 79.9. The van der Waals surface area contributed by atoms with Crippen molar-refractivity contribution in [1.29, 1.82) is 0 Å². The van der Waals surface area contributed by atoms with Crippen molar-refractivity contribution in [2.75, 3.05) is 6.61 Å². The van der Waals surface area contributed by atoms with Crippen LogP contribution in [0.4, 0.5) is 0 Å². The van der Waals surface area contributed by atoms with E-state index in [2.05, 4.69) is 42.4 Å². The lowest BCUT2D eigenvalue weighted by molar-refractivity contribution is -0.123. The molecule has 1 N–H and O–H groups in total. The molecule has 0 radical (unpaired) electrons. The minimum atomic E-state index is -0.318. The molecular weight excluding hydrogens is 460 g/mol. The van der Waals surface area contributed by atoms with E-state index in [1.54, 1.807) is 0 Å². The standard InChI is InChI=1S/C20H16Br2N2O2/c1-13(14-6-9-16(21)10-7-14)23-24-19(25)12-26-18-11-8-15-4-2-3-5-17(15)20(18)22/h2-11H,12H2,1H3,(H,24,25). The number of hydrazone groups is 1. The Balaban J connectivity index is 1.61. The summed E-state index contributed by atoms with van der Waals surface area (Å²) in [6, 6.07) is 19.5. The predicted molar refractivity (Wildman–Crippen MR) is 112 cm³/mol. The maximum atomic E-state index is 12.0. The minimum Gasteiger partial charge on any atom is -0.483 e. The summed E-state index contributed by atoms with van der Waals surface area (Å²) in [5, 5.41) is 6.26. The SMILES string of the molecule is CC(=NNC(=O)COc1ccc2ccccc2c1Br)c1ccc(Br)cc1. The topological polar surface area (TPSA) is 50.7 Å². The van der Waals surface area contributed by atoms with Crippen molar-refractivity contribution < 1.29 is 9.53 Å². The summed E-state index contributed by atoms with van der Waals surface area (Å²) in [6.45, 7) is 1.72. The van der Waals surface area contributed by atoms with Gasteiger partial charge >= 0.3 is 0 Å². The number of hydrogen-bond donors (Lipinski definition) is 1. The minimum absolute atomic E-state index is 0.117. The molecular formula is C20H16Br2N2O2. The van der Waals surface area contributed by atoms with E-state index in [-0.39, 0.29) is 12.5 Å². The Morgan fingerprint density at radius 1 is 1.04 bits per heavy atom.